The van der Waals surface area contributed by atoms with Gasteiger partial charge in [-0.1, -0.05) is 6.58 Å². The third-order valence-electron chi connectivity index (χ3n) is 2.02. The van der Waals surface area contributed by atoms with Gasteiger partial charge in [0.15, 0.2) is 0 Å². The molecule has 0 aromatic carbocycles. The van der Waals surface area contributed by atoms with Crippen molar-refractivity contribution in [3.8, 4) is 0 Å². The van der Waals surface area contributed by atoms with Crippen molar-refractivity contribution in [1.82, 2.24) is 0 Å². The number of carboxylic acid groups (broad SMARTS) is 2. The maximum atomic E-state index is 10.7. The summed E-state index contributed by atoms with van der Waals surface area (Å²) >= 11 is 0. The summed E-state index contributed by atoms with van der Waals surface area (Å²) in [5, 5.41) is 17.2. The number of carbonyl (C=O) groups is 3. The summed E-state index contributed by atoms with van der Waals surface area (Å²) < 4.78 is 9.64. The van der Waals surface area contributed by atoms with E-state index in [4.69, 9.17) is 14.9 Å². The van der Waals surface area contributed by atoms with Crippen LogP contribution < -0.4 is 0 Å². The summed E-state index contributed by atoms with van der Waals surface area (Å²) in [6.45, 7) is 3.47. The van der Waals surface area contributed by atoms with Gasteiger partial charge in [0.2, 0.25) is 0 Å². The zero-order valence-electron chi connectivity index (χ0n) is 9.83. The SMILES string of the molecule is C=CC(=O)OCCOCCC(CC(=O)O)C(=O)O. The Kier molecular flexibility index (Phi) is 8.21. The number of carboxylic acids is 2. The van der Waals surface area contributed by atoms with Crippen molar-refractivity contribution in [3.05, 3.63) is 12.7 Å². The van der Waals surface area contributed by atoms with Crippen molar-refractivity contribution in [3.63, 3.8) is 0 Å². The van der Waals surface area contributed by atoms with E-state index in [-0.39, 0.29) is 26.2 Å². The molecule has 2 N–H and O–H groups in total. The van der Waals surface area contributed by atoms with Crippen LogP contribution in [0.4, 0.5) is 0 Å². The highest BCUT2D eigenvalue weighted by atomic mass is 16.6. The lowest BCUT2D eigenvalue weighted by molar-refractivity contribution is -0.149. The second-order valence-electron chi connectivity index (χ2n) is 3.41. The third kappa shape index (κ3) is 8.28. The van der Waals surface area contributed by atoms with E-state index in [1.165, 1.54) is 0 Å². The van der Waals surface area contributed by atoms with Gasteiger partial charge in [-0.2, -0.15) is 0 Å². The molecule has 1 atom stereocenters. The van der Waals surface area contributed by atoms with E-state index in [1.807, 2.05) is 0 Å². The van der Waals surface area contributed by atoms with Gasteiger partial charge in [0.25, 0.3) is 0 Å². The van der Waals surface area contributed by atoms with E-state index in [0.29, 0.717) is 0 Å². The van der Waals surface area contributed by atoms with Crippen LogP contribution >= 0.6 is 0 Å². The summed E-state index contributed by atoms with van der Waals surface area (Å²) in [5.74, 6) is -3.87. The summed E-state index contributed by atoms with van der Waals surface area (Å²) in [5.41, 5.74) is 0. The topological polar surface area (TPSA) is 110 Å². The Morgan fingerprint density at radius 3 is 2.33 bits per heavy atom. The van der Waals surface area contributed by atoms with Crippen LogP contribution in [0.1, 0.15) is 12.8 Å². The van der Waals surface area contributed by atoms with Crippen molar-refractivity contribution in [1.29, 1.82) is 0 Å². The molecule has 0 saturated heterocycles. The van der Waals surface area contributed by atoms with Gasteiger partial charge in [0.1, 0.15) is 6.61 Å². The molecule has 0 radical (unpaired) electrons. The maximum absolute atomic E-state index is 10.7. The molecule has 0 saturated carbocycles. The van der Waals surface area contributed by atoms with Crippen LogP contribution in [0, 0.1) is 5.92 Å². The van der Waals surface area contributed by atoms with E-state index in [9.17, 15) is 14.4 Å². The highest BCUT2D eigenvalue weighted by Crippen LogP contribution is 2.09. The number of esters is 1. The largest absolute Gasteiger partial charge is 0.481 e. The average molecular weight is 260 g/mol. The third-order valence-corrected chi connectivity index (χ3v) is 2.02. The van der Waals surface area contributed by atoms with Crippen LogP contribution in [0.3, 0.4) is 0 Å². The first-order valence-electron chi connectivity index (χ1n) is 5.29. The standard InChI is InChI=1S/C11H16O7/c1-2-10(14)18-6-5-17-4-3-8(11(15)16)7-9(12)13/h2,8H,1,3-7H2,(H,12,13)(H,15,16). The number of rotatable bonds is 10. The highest BCUT2D eigenvalue weighted by Gasteiger charge is 2.20. The Bertz CT molecular complexity index is 311. The van der Waals surface area contributed by atoms with Crippen LogP contribution in [0.5, 0.6) is 0 Å². The molecule has 0 aromatic rings. The number of aliphatic carboxylic acids is 2. The normalized spacial score (nSPS) is 11.6. The smallest absolute Gasteiger partial charge is 0.330 e. The lowest BCUT2D eigenvalue weighted by Crippen LogP contribution is -2.20. The second-order valence-corrected chi connectivity index (χ2v) is 3.41. The van der Waals surface area contributed by atoms with Gasteiger partial charge in [-0.05, 0) is 6.42 Å². The Balaban J connectivity index is 3.67. The van der Waals surface area contributed by atoms with Crippen molar-refractivity contribution in [2.45, 2.75) is 12.8 Å². The number of hydrogen-bond acceptors (Lipinski definition) is 5. The fourth-order valence-corrected chi connectivity index (χ4v) is 1.11. The van der Waals surface area contributed by atoms with E-state index in [2.05, 4.69) is 11.3 Å². The van der Waals surface area contributed by atoms with Gasteiger partial charge in [0.05, 0.1) is 18.9 Å². The molecule has 1 unspecified atom stereocenters. The van der Waals surface area contributed by atoms with Crippen LogP contribution in [0.25, 0.3) is 0 Å². The minimum absolute atomic E-state index is 0.0432. The van der Waals surface area contributed by atoms with E-state index >= 15 is 0 Å². The van der Waals surface area contributed by atoms with Crippen molar-refractivity contribution >= 4 is 17.9 Å². The van der Waals surface area contributed by atoms with Crippen LogP contribution in [0.15, 0.2) is 12.7 Å². The van der Waals surface area contributed by atoms with Crippen LogP contribution in [-0.2, 0) is 23.9 Å². The molecule has 0 rings (SSSR count). The monoisotopic (exact) mass is 260 g/mol. The fourth-order valence-electron chi connectivity index (χ4n) is 1.11. The maximum Gasteiger partial charge on any atom is 0.330 e. The quantitative estimate of drug-likeness (QED) is 0.330. The molecule has 0 amide bonds. The average Bonchev–Trinajstić information content (AvgIpc) is 2.30. The number of ether oxygens (including phenoxy) is 2. The molecular weight excluding hydrogens is 244 g/mol. The zero-order valence-corrected chi connectivity index (χ0v) is 9.83. The molecular formula is C11H16O7. The number of hydrogen-bond donors (Lipinski definition) is 2. The zero-order chi connectivity index (χ0) is 14.0. The Morgan fingerprint density at radius 1 is 1.17 bits per heavy atom. The van der Waals surface area contributed by atoms with Crippen molar-refractivity contribution < 1.29 is 34.1 Å². The van der Waals surface area contributed by atoms with E-state index in [1.54, 1.807) is 0 Å². The Morgan fingerprint density at radius 2 is 1.83 bits per heavy atom. The van der Waals surface area contributed by atoms with E-state index in [0.717, 1.165) is 6.08 Å². The molecule has 0 heterocycles. The first kappa shape index (κ1) is 16.1. The van der Waals surface area contributed by atoms with Crippen LogP contribution in [0.2, 0.25) is 0 Å². The lowest BCUT2D eigenvalue weighted by Gasteiger charge is -2.10. The first-order chi connectivity index (χ1) is 8.47. The molecule has 18 heavy (non-hydrogen) atoms. The molecule has 7 nitrogen and oxygen atoms in total. The Labute approximate surface area is 104 Å². The minimum atomic E-state index is -1.17. The molecule has 0 fully saturated rings. The molecule has 0 aliphatic heterocycles. The van der Waals surface area contributed by atoms with Gasteiger partial charge < -0.3 is 19.7 Å². The second kappa shape index (κ2) is 9.17. The summed E-state index contributed by atoms with van der Waals surface area (Å²) in [7, 11) is 0. The molecule has 102 valence electrons. The fraction of sp³-hybridized carbons (Fsp3) is 0.545. The molecule has 0 aliphatic rings. The van der Waals surface area contributed by atoms with Crippen molar-refractivity contribution in [2.75, 3.05) is 19.8 Å². The number of carbonyl (C=O) groups excluding carboxylic acids is 1. The summed E-state index contributed by atoms with van der Waals surface area (Å²) in [6.07, 6.45) is 0.675. The molecule has 0 aliphatic carbocycles. The van der Waals surface area contributed by atoms with Gasteiger partial charge >= 0.3 is 17.9 Å². The summed E-state index contributed by atoms with van der Waals surface area (Å²) in [6, 6.07) is 0. The van der Waals surface area contributed by atoms with Crippen molar-refractivity contribution in [2.24, 2.45) is 5.92 Å². The van der Waals surface area contributed by atoms with Gasteiger partial charge in [0, 0.05) is 12.7 Å². The highest BCUT2D eigenvalue weighted by molar-refractivity contribution is 5.81. The van der Waals surface area contributed by atoms with Crippen LogP contribution in [-0.4, -0.2) is 47.9 Å². The molecule has 0 spiro atoms. The molecule has 7 heteroatoms. The van der Waals surface area contributed by atoms with Gasteiger partial charge in [-0.15, -0.1) is 0 Å². The predicted octanol–water partition coefficient (Wildman–Crippen LogP) is 0.298. The minimum Gasteiger partial charge on any atom is -0.481 e. The lowest BCUT2D eigenvalue weighted by atomic mass is 10.0. The predicted molar refractivity (Wildman–Crippen MR) is 60.0 cm³/mol. The Hall–Kier alpha value is -1.89. The van der Waals surface area contributed by atoms with Gasteiger partial charge in [-0.25, -0.2) is 4.79 Å². The summed E-state index contributed by atoms with van der Waals surface area (Å²) in [4.78, 5) is 31.7. The first-order valence-corrected chi connectivity index (χ1v) is 5.29. The van der Waals surface area contributed by atoms with E-state index < -0.39 is 30.2 Å². The van der Waals surface area contributed by atoms with Gasteiger partial charge in [-0.3, -0.25) is 9.59 Å². The molecule has 0 aromatic heterocycles. The molecule has 0 bridgehead atoms.